The molecule has 0 saturated carbocycles. The number of hydrogen-bond donors (Lipinski definition) is 1. The van der Waals surface area contributed by atoms with Crippen LogP contribution in [0.5, 0.6) is 11.5 Å². The number of phenolic OH excluding ortho intramolecular Hbond substituents is 1. The molecular formula is C20H25NO3. The van der Waals surface area contributed by atoms with Crippen molar-refractivity contribution in [3.63, 3.8) is 0 Å². The van der Waals surface area contributed by atoms with Gasteiger partial charge in [-0.2, -0.15) is 0 Å². The fourth-order valence-corrected chi connectivity index (χ4v) is 4.17. The summed E-state index contributed by atoms with van der Waals surface area (Å²) in [6.07, 6.45) is 2.90. The first-order valence-corrected chi connectivity index (χ1v) is 8.80. The van der Waals surface area contributed by atoms with Crippen molar-refractivity contribution < 1.29 is 14.3 Å². The van der Waals surface area contributed by atoms with E-state index in [4.69, 9.17) is 9.15 Å². The van der Waals surface area contributed by atoms with Gasteiger partial charge in [0.05, 0.1) is 7.11 Å². The highest BCUT2D eigenvalue weighted by Crippen LogP contribution is 2.44. The summed E-state index contributed by atoms with van der Waals surface area (Å²) >= 11 is 0. The Kier molecular flexibility index (Phi) is 3.80. The Bertz CT molecular complexity index is 762. The highest BCUT2D eigenvalue weighted by molar-refractivity contribution is 5.52. The van der Waals surface area contributed by atoms with E-state index in [1.54, 1.807) is 13.2 Å². The summed E-state index contributed by atoms with van der Waals surface area (Å²) in [5.41, 5.74) is 3.75. The lowest BCUT2D eigenvalue weighted by Gasteiger charge is -2.40. The van der Waals surface area contributed by atoms with Crippen molar-refractivity contribution in [1.29, 1.82) is 0 Å². The molecule has 4 rings (SSSR count). The summed E-state index contributed by atoms with van der Waals surface area (Å²) in [4.78, 5) is 2.49. The Hall–Kier alpha value is -1.94. The second kappa shape index (κ2) is 5.85. The van der Waals surface area contributed by atoms with Crippen LogP contribution in [0, 0.1) is 5.92 Å². The van der Waals surface area contributed by atoms with Gasteiger partial charge in [-0.15, -0.1) is 0 Å². The molecule has 1 N–H and O–H groups in total. The fourth-order valence-electron chi connectivity index (χ4n) is 4.17. The number of ether oxygens (including phenoxy) is 1. The highest BCUT2D eigenvalue weighted by atomic mass is 16.5. The maximum atomic E-state index is 10.0. The molecule has 2 aliphatic rings. The van der Waals surface area contributed by atoms with Crippen LogP contribution in [0.15, 0.2) is 22.6 Å². The van der Waals surface area contributed by atoms with Crippen LogP contribution in [-0.4, -0.2) is 23.7 Å². The molecule has 1 aromatic heterocycles. The number of hydrogen-bond acceptors (Lipinski definition) is 4. The molecule has 0 amide bonds. The number of nitrogens with zero attached hydrogens (tertiary/aromatic N) is 1. The van der Waals surface area contributed by atoms with Crippen molar-refractivity contribution in [2.75, 3.05) is 13.7 Å². The third kappa shape index (κ3) is 2.49. The van der Waals surface area contributed by atoms with Crippen molar-refractivity contribution in [3.8, 4) is 11.5 Å². The molecule has 0 fully saturated rings. The molecule has 3 heterocycles. The van der Waals surface area contributed by atoms with Crippen LogP contribution in [-0.2, 0) is 25.8 Å². The first-order valence-electron chi connectivity index (χ1n) is 8.80. The van der Waals surface area contributed by atoms with E-state index in [9.17, 15) is 5.11 Å². The van der Waals surface area contributed by atoms with Crippen LogP contribution in [0.25, 0.3) is 0 Å². The lowest BCUT2D eigenvalue weighted by Crippen LogP contribution is -2.39. The van der Waals surface area contributed by atoms with Gasteiger partial charge in [-0.05, 0) is 30.0 Å². The summed E-state index contributed by atoms with van der Waals surface area (Å²) in [5.74, 6) is 3.75. The molecular weight excluding hydrogens is 302 g/mol. The van der Waals surface area contributed by atoms with E-state index < -0.39 is 0 Å². The second-order valence-corrected chi connectivity index (χ2v) is 7.39. The van der Waals surface area contributed by atoms with E-state index in [0.29, 0.717) is 17.7 Å². The molecule has 1 aromatic carbocycles. The maximum Gasteiger partial charge on any atom is 0.165 e. The minimum absolute atomic E-state index is 0.231. The van der Waals surface area contributed by atoms with Gasteiger partial charge in [-0.3, -0.25) is 4.90 Å². The van der Waals surface area contributed by atoms with Crippen LogP contribution in [0.2, 0.25) is 0 Å². The number of rotatable bonds is 3. The van der Waals surface area contributed by atoms with E-state index in [2.05, 4.69) is 24.8 Å². The van der Waals surface area contributed by atoms with Crippen molar-refractivity contribution in [3.05, 3.63) is 46.4 Å². The lowest BCUT2D eigenvalue weighted by atomic mass is 9.86. The van der Waals surface area contributed by atoms with Crippen LogP contribution in [0.1, 0.15) is 48.1 Å². The Morgan fingerprint density at radius 2 is 2.21 bits per heavy atom. The van der Waals surface area contributed by atoms with Gasteiger partial charge in [0, 0.05) is 43.1 Å². The lowest BCUT2D eigenvalue weighted by molar-refractivity contribution is 0.150. The summed E-state index contributed by atoms with van der Waals surface area (Å²) in [7, 11) is 1.63. The van der Waals surface area contributed by atoms with Crippen LogP contribution >= 0.6 is 0 Å². The molecule has 2 aliphatic heterocycles. The van der Waals surface area contributed by atoms with Gasteiger partial charge in [0.25, 0.3) is 0 Å². The number of furan rings is 1. The summed E-state index contributed by atoms with van der Waals surface area (Å²) in [6.45, 7) is 6.26. The summed E-state index contributed by atoms with van der Waals surface area (Å²) in [6, 6.07) is 6.43. The first-order chi connectivity index (χ1) is 11.6. The summed E-state index contributed by atoms with van der Waals surface area (Å²) in [5, 5.41) is 10.0. The third-order valence-corrected chi connectivity index (χ3v) is 5.24. The van der Waals surface area contributed by atoms with E-state index in [0.717, 1.165) is 43.7 Å². The molecule has 1 atom stereocenters. The number of phenols is 1. The number of methoxy groups -OCH3 is 1. The standard InChI is InChI=1S/C20H25NO3/c1-12(2)8-14-10-15-17-9-13-4-5-18(22)20(23-3)16(13)11-21(17)7-6-19(15)24-14/h4-5,10,12,17,22H,6-9,11H2,1-3H3. The quantitative estimate of drug-likeness (QED) is 0.930. The predicted molar refractivity (Wildman–Crippen MR) is 92.5 cm³/mol. The van der Waals surface area contributed by atoms with Crippen LogP contribution < -0.4 is 4.74 Å². The van der Waals surface area contributed by atoms with Gasteiger partial charge < -0.3 is 14.3 Å². The minimum Gasteiger partial charge on any atom is -0.504 e. The highest BCUT2D eigenvalue weighted by Gasteiger charge is 2.35. The minimum atomic E-state index is 0.231. The topological polar surface area (TPSA) is 45.8 Å². The van der Waals surface area contributed by atoms with Crippen molar-refractivity contribution in [1.82, 2.24) is 4.90 Å². The molecule has 0 spiro atoms. The zero-order valence-electron chi connectivity index (χ0n) is 14.6. The smallest absolute Gasteiger partial charge is 0.165 e. The van der Waals surface area contributed by atoms with E-state index in [-0.39, 0.29) is 5.75 Å². The molecule has 24 heavy (non-hydrogen) atoms. The molecule has 0 bridgehead atoms. The summed E-state index contributed by atoms with van der Waals surface area (Å²) < 4.78 is 11.6. The maximum absolute atomic E-state index is 10.0. The van der Waals surface area contributed by atoms with E-state index in [1.807, 2.05) is 6.07 Å². The monoisotopic (exact) mass is 327 g/mol. The third-order valence-electron chi connectivity index (χ3n) is 5.24. The van der Waals surface area contributed by atoms with Crippen molar-refractivity contribution >= 4 is 0 Å². The molecule has 0 saturated heterocycles. The number of aromatic hydroxyl groups is 1. The zero-order chi connectivity index (χ0) is 16.8. The molecule has 128 valence electrons. The fraction of sp³-hybridized carbons (Fsp3) is 0.500. The Morgan fingerprint density at radius 3 is 2.96 bits per heavy atom. The number of fused-ring (bicyclic) bond motifs is 4. The Morgan fingerprint density at radius 1 is 1.38 bits per heavy atom. The van der Waals surface area contributed by atoms with Crippen molar-refractivity contribution in [2.45, 2.75) is 45.7 Å². The van der Waals surface area contributed by atoms with Gasteiger partial charge in [0.1, 0.15) is 11.5 Å². The molecule has 0 aliphatic carbocycles. The van der Waals surface area contributed by atoms with Crippen LogP contribution in [0.3, 0.4) is 0 Å². The Balaban J connectivity index is 1.69. The molecule has 4 heteroatoms. The van der Waals surface area contributed by atoms with Crippen LogP contribution in [0.4, 0.5) is 0 Å². The van der Waals surface area contributed by atoms with Gasteiger partial charge >= 0.3 is 0 Å². The average Bonchev–Trinajstić information content (AvgIpc) is 2.95. The largest absolute Gasteiger partial charge is 0.504 e. The SMILES string of the molecule is COc1c(O)ccc2c1CN1CCc3oc(CC(C)C)cc3C1C2. The second-order valence-electron chi connectivity index (χ2n) is 7.39. The molecule has 4 nitrogen and oxygen atoms in total. The molecule has 2 aromatic rings. The van der Waals surface area contributed by atoms with Gasteiger partial charge in [-0.25, -0.2) is 0 Å². The van der Waals surface area contributed by atoms with Gasteiger partial charge in [0.2, 0.25) is 0 Å². The average molecular weight is 327 g/mol. The first kappa shape index (κ1) is 15.6. The molecule has 0 radical (unpaired) electrons. The predicted octanol–water partition coefficient (Wildman–Crippen LogP) is 3.85. The normalized spacial score (nSPS) is 19.8. The molecule has 1 unspecified atom stereocenters. The van der Waals surface area contributed by atoms with Gasteiger partial charge in [-0.1, -0.05) is 19.9 Å². The number of benzene rings is 1. The van der Waals surface area contributed by atoms with E-state index >= 15 is 0 Å². The van der Waals surface area contributed by atoms with Gasteiger partial charge in [0.15, 0.2) is 11.5 Å². The van der Waals surface area contributed by atoms with E-state index in [1.165, 1.54) is 16.9 Å². The zero-order valence-corrected chi connectivity index (χ0v) is 14.6. The Labute approximate surface area is 143 Å². The van der Waals surface area contributed by atoms with Crippen molar-refractivity contribution in [2.24, 2.45) is 5.92 Å².